The average molecular weight is 312 g/mol. The summed E-state index contributed by atoms with van der Waals surface area (Å²) in [5.41, 5.74) is 3.44. The van der Waals surface area contributed by atoms with Crippen molar-refractivity contribution in [2.75, 3.05) is 0 Å². The van der Waals surface area contributed by atoms with Gasteiger partial charge in [-0.15, -0.1) is 0 Å². The molecular weight excluding hydrogens is 288 g/mol. The SMILES string of the molecule is Cc1ccc(C(NC(=O)NCc2cc(C)oc2C)C2CC2)cc1. The van der Waals surface area contributed by atoms with Crippen LogP contribution in [0.4, 0.5) is 4.79 Å². The minimum Gasteiger partial charge on any atom is -0.466 e. The minimum atomic E-state index is -0.124. The van der Waals surface area contributed by atoms with Crippen LogP contribution in [-0.2, 0) is 6.54 Å². The summed E-state index contributed by atoms with van der Waals surface area (Å²) >= 11 is 0. The summed E-state index contributed by atoms with van der Waals surface area (Å²) in [6, 6.07) is 10.4. The average Bonchev–Trinajstić information content (AvgIpc) is 3.29. The highest BCUT2D eigenvalue weighted by atomic mass is 16.3. The van der Waals surface area contributed by atoms with Crippen LogP contribution in [0.2, 0.25) is 0 Å². The number of hydrogen-bond donors (Lipinski definition) is 2. The fourth-order valence-electron chi connectivity index (χ4n) is 2.90. The van der Waals surface area contributed by atoms with Crippen molar-refractivity contribution in [3.63, 3.8) is 0 Å². The molecule has 1 unspecified atom stereocenters. The van der Waals surface area contributed by atoms with Gasteiger partial charge in [-0.05, 0) is 51.2 Å². The molecule has 2 aromatic rings. The van der Waals surface area contributed by atoms with E-state index < -0.39 is 0 Å². The number of benzene rings is 1. The lowest BCUT2D eigenvalue weighted by Crippen LogP contribution is -2.38. The third kappa shape index (κ3) is 3.95. The van der Waals surface area contributed by atoms with Gasteiger partial charge in [0.15, 0.2) is 0 Å². The monoisotopic (exact) mass is 312 g/mol. The summed E-state index contributed by atoms with van der Waals surface area (Å²) < 4.78 is 5.48. The molecule has 1 aliphatic carbocycles. The lowest BCUT2D eigenvalue weighted by molar-refractivity contribution is 0.235. The fourth-order valence-corrected chi connectivity index (χ4v) is 2.90. The molecule has 1 aliphatic rings. The number of amides is 2. The Hall–Kier alpha value is -2.23. The summed E-state index contributed by atoms with van der Waals surface area (Å²) in [6.07, 6.45) is 2.36. The van der Waals surface area contributed by atoms with Crippen molar-refractivity contribution in [1.82, 2.24) is 10.6 Å². The summed E-state index contributed by atoms with van der Waals surface area (Å²) in [7, 11) is 0. The van der Waals surface area contributed by atoms with E-state index in [1.54, 1.807) is 0 Å². The van der Waals surface area contributed by atoms with E-state index in [2.05, 4.69) is 41.8 Å². The van der Waals surface area contributed by atoms with E-state index in [-0.39, 0.29) is 12.1 Å². The molecule has 0 bridgehead atoms. The van der Waals surface area contributed by atoms with Crippen molar-refractivity contribution < 1.29 is 9.21 Å². The van der Waals surface area contributed by atoms with Gasteiger partial charge in [-0.1, -0.05) is 29.8 Å². The van der Waals surface area contributed by atoms with Gasteiger partial charge >= 0.3 is 6.03 Å². The second-order valence-electron chi connectivity index (χ2n) is 6.49. The summed E-state index contributed by atoms with van der Waals surface area (Å²) in [4.78, 5) is 12.3. The standard InChI is InChI=1S/C19H24N2O2/c1-12-4-6-15(7-5-12)18(16-8-9-16)21-19(22)20-11-17-10-13(2)23-14(17)3/h4-7,10,16,18H,8-9,11H2,1-3H3,(H2,20,21,22). The smallest absolute Gasteiger partial charge is 0.315 e. The van der Waals surface area contributed by atoms with Crippen LogP contribution in [0.25, 0.3) is 0 Å². The van der Waals surface area contributed by atoms with Gasteiger partial charge < -0.3 is 15.1 Å². The maximum Gasteiger partial charge on any atom is 0.315 e. The quantitative estimate of drug-likeness (QED) is 0.871. The highest BCUT2D eigenvalue weighted by Gasteiger charge is 2.33. The highest BCUT2D eigenvalue weighted by Crippen LogP contribution is 2.41. The van der Waals surface area contributed by atoms with Gasteiger partial charge in [-0.2, -0.15) is 0 Å². The van der Waals surface area contributed by atoms with Gasteiger partial charge in [0.1, 0.15) is 11.5 Å². The van der Waals surface area contributed by atoms with E-state index in [9.17, 15) is 4.79 Å². The molecule has 1 atom stereocenters. The van der Waals surface area contributed by atoms with E-state index in [1.165, 1.54) is 24.0 Å². The molecule has 2 N–H and O–H groups in total. The Kier molecular flexibility index (Phi) is 4.42. The fraction of sp³-hybridized carbons (Fsp3) is 0.421. The second kappa shape index (κ2) is 6.49. The first-order valence-corrected chi connectivity index (χ1v) is 8.20. The van der Waals surface area contributed by atoms with Crippen LogP contribution in [0.15, 0.2) is 34.7 Å². The molecule has 0 radical (unpaired) electrons. The van der Waals surface area contributed by atoms with Crippen molar-refractivity contribution in [2.24, 2.45) is 5.92 Å². The predicted molar refractivity (Wildman–Crippen MR) is 90.2 cm³/mol. The van der Waals surface area contributed by atoms with Crippen molar-refractivity contribution >= 4 is 6.03 Å². The molecule has 1 heterocycles. The largest absolute Gasteiger partial charge is 0.466 e. The summed E-state index contributed by atoms with van der Waals surface area (Å²) in [6.45, 7) is 6.39. The first kappa shape index (κ1) is 15.7. The Bertz CT molecular complexity index is 684. The van der Waals surface area contributed by atoms with Crippen LogP contribution in [0.5, 0.6) is 0 Å². The van der Waals surface area contributed by atoms with Gasteiger partial charge in [0.25, 0.3) is 0 Å². The van der Waals surface area contributed by atoms with E-state index in [4.69, 9.17) is 4.42 Å². The zero-order chi connectivity index (χ0) is 16.4. The highest BCUT2D eigenvalue weighted by molar-refractivity contribution is 5.74. The number of rotatable bonds is 5. The summed E-state index contributed by atoms with van der Waals surface area (Å²) in [5.74, 6) is 2.29. The first-order valence-electron chi connectivity index (χ1n) is 8.20. The van der Waals surface area contributed by atoms with E-state index in [0.29, 0.717) is 12.5 Å². The number of aryl methyl sites for hydroxylation is 3. The van der Waals surface area contributed by atoms with Crippen LogP contribution in [0.3, 0.4) is 0 Å². The van der Waals surface area contributed by atoms with Crippen LogP contribution in [0.1, 0.15) is 47.1 Å². The lowest BCUT2D eigenvalue weighted by atomic mass is 10.0. The molecule has 1 aromatic heterocycles. The molecule has 0 saturated heterocycles. The van der Waals surface area contributed by atoms with Gasteiger partial charge in [0, 0.05) is 12.1 Å². The molecule has 0 aliphatic heterocycles. The Morgan fingerprint density at radius 2 is 1.91 bits per heavy atom. The first-order chi connectivity index (χ1) is 11.0. The van der Waals surface area contributed by atoms with E-state index in [1.807, 2.05) is 19.9 Å². The third-order valence-corrected chi connectivity index (χ3v) is 4.40. The Balaban J connectivity index is 1.60. The van der Waals surface area contributed by atoms with Crippen LogP contribution < -0.4 is 10.6 Å². The normalized spacial score (nSPS) is 15.3. The lowest BCUT2D eigenvalue weighted by Gasteiger charge is -2.19. The summed E-state index contributed by atoms with van der Waals surface area (Å²) in [5, 5.41) is 6.07. The van der Waals surface area contributed by atoms with Crippen LogP contribution in [0, 0.1) is 26.7 Å². The number of carbonyl (C=O) groups excluding carboxylic acids is 1. The maximum absolute atomic E-state index is 12.3. The molecule has 0 spiro atoms. The molecule has 23 heavy (non-hydrogen) atoms. The van der Waals surface area contributed by atoms with Gasteiger partial charge in [0.2, 0.25) is 0 Å². The number of nitrogens with one attached hydrogen (secondary N) is 2. The zero-order valence-corrected chi connectivity index (χ0v) is 14.0. The number of carbonyl (C=O) groups is 1. The zero-order valence-electron chi connectivity index (χ0n) is 14.0. The Morgan fingerprint density at radius 3 is 2.48 bits per heavy atom. The van der Waals surface area contributed by atoms with E-state index in [0.717, 1.165) is 17.1 Å². The van der Waals surface area contributed by atoms with Crippen LogP contribution >= 0.6 is 0 Å². The molecule has 4 heteroatoms. The Morgan fingerprint density at radius 1 is 1.22 bits per heavy atom. The maximum atomic E-state index is 12.3. The predicted octanol–water partition coefficient (Wildman–Crippen LogP) is 4.16. The van der Waals surface area contributed by atoms with Crippen LogP contribution in [-0.4, -0.2) is 6.03 Å². The number of hydrogen-bond acceptors (Lipinski definition) is 2. The second-order valence-corrected chi connectivity index (χ2v) is 6.49. The topological polar surface area (TPSA) is 54.3 Å². The van der Waals surface area contributed by atoms with Gasteiger partial charge in [-0.25, -0.2) is 4.79 Å². The molecule has 1 saturated carbocycles. The minimum absolute atomic E-state index is 0.0998. The van der Waals surface area contributed by atoms with Crippen molar-refractivity contribution in [1.29, 1.82) is 0 Å². The molecule has 122 valence electrons. The van der Waals surface area contributed by atoms with E-state index >= 15 is 0 Å². The number of urea groups is 1. The van der Waals surface area contributed by atoms with Crippen molar-refractivity contribution in [3.05, 3.63) is 58.5 Å². The van der Waals surface area contributed by atoms with Crippen molar-refractivity contribution in [3.8, 4) is 0 Å². The molecular formula is C19H24N2O2. The molecule has 1 fully saturated rings. The third-order valence-electron chi connectivity index (χ3n) is 4.40. The van der Waals surface area contributed by atoms with Gasteiger partial charge in [-0.3, -0.25) is 0 Å². The molecule has 4 nitrogen and oxygen atoms in total. The van der Waals surface area contributed by atoms with Crippen molar-refractivity contribution in [2.45, 2.75) is 46.2 Å². The molecule has 1 aromatic carbocycles. The number of furan rings is 1. The molecule has 3 rings (SSSR count). The molecule has 2 amide bonds. The van der Waals surface area contributed by atoms with Gasteiger partial charge in [0.05, 0.1) is 6.04 Å². The Labute approximate surface area is 137 Å².